The predicted molar refractivity (Wildman–Crippen MR) is 99.3 cm³/mol. The second-order valence-electron chi connectivity index (χ2n) is 6.79. The first kappa shape index (κ1) is 19.0. The summed E-state index contributed by atoms with van der Waals surface area (Å²) in [5.74, 6) is 0.450. The summed E-state index contributed by atoms with van der Waals surface area (Å²) in [7, 11) is 0. The lowest BCUT2D eigenvalue weighted by Crippen LogP contribution is -2.47. The van der Waals surface area contributed by atoms with Crippen molar-refractivity contribution in [2.75, 3.05) is 6.54 Å². The Kier molecular flexibility index (Phi) is 4.92. The first-order chi connectivity index (χ1) is 13.3. The summed E-state index contributed by atoms with van der Waals surface area (Å²) in [6, 6.07) is 8.21. The Morgan fingerprint density at radius 1 is 1.25 bits per heavy atom. The van der Waals surface area contributed by atoms with Crippen LogP contribution in [0.15, 0.2) is 41.0 Å². The van der Waals surface area contributed by atoms with E-state index in [1.165, 1.54) is 4.90 Å². The first-order valence-electron chi connectivity index (χ1n) is 8.62. The number of nitrogens with zero attached hydrogens (tertiary/aromatic N) is 5. The van der Waals surface area contributed by atoms with Gasteiger partial charge in [-0.3, -0.25) is 9.88 Å². The highest BCUT2D eigenvalue weighted by molar-refractivity contribution is 9.10. The number of fused-ring (bicyclic) bond motifs is 1. The third kappa shape index (κ3) is 3.79. The van der Waals surface area contributed by atoms with Crippen LogP contribution in [0.4, 0.5) is 13.2 Å². The van der Waals surface area contributed by atoms with Gasteiger partial charge in [-0.15, -0.1) is 10.2 Å². The molecule has 2 atom stereocenters. The van der Waals surface area contributed by atoms with Gasteiger partial charge in [-0.05, 0) is 63.8 Å². The fraction of sp³-hybridized carbons (Fsp3) is 0.333. The van der Waals surface area contributed by atoms with Crippen LogP contribution in [-0.2, 0) is 6.42 Å². The number of aromatic amines is 1. The Morgan fingerprint density at radius 2 is 2.07 bits per heavy atom. The molecule has 1 aliphatic heterocycles. The van der Waals surface area contributed by atoms with Crippen LogP contribution in [0.1, 0.15) is 29.8 Å². The van der Waals surface area contributed by atoms with Crippen LogP contribution < -0.4 is 0 Å². The van der Waals surface area contributed by atoms with E-state index in [9.17, 15) is 13.2 Å². The number of hydrogen-bond donors (Lipinski definition) is 1. The van der Waals surface area contributed by atoms with Gasteiger partial charge in [0.1, 0.15) is 0 Å². The molecule has 28 heavy (non-hydrogen) atoms. The largest absolute Gasteiger partial charge is 0.401 e. The summed E-state index contributed by atoms with van der Waals surface area (Å²) in [5.41, 5.74) is 3.12. The second kappa shape index (κ2) is 7.25. The minimum atomic E-state index is -4.30. The Labute approximate surface area is 167 Å². The van der Waals surface area contributed by atoms with E-state index >= 15 is 0 Å². The molecule has 0 unspecified atom stereocenters. The van der Waals surface area contributed by atoms with E-state index in [0.29, 0.717) is 17.9 Å². The van der Waals surface area contributed by atoms with Crippen molar-refractivity contribution in [1.82, 2.24) is 30.5 Å². The molecule has 0 saturated heterocycles. The van der Waals surface area contributed by atoms with Crippen LogP contribution in [0, 0.1) is 0 Å². The summed E-state index contributed by atoms with van der Waals surface area (Å²) in [6.45, 7) is 0.810. The Hall–Kier alpha value is -2.33. The van der Waals surface area contributed by atoms with Crippen molar-refractivity contribution in [3.63, 3.8) is 0 Å². The maximum atomic E-state index is 13.3. The summed E-state index contributed by atoms with van der Waals surface area (Å²) in [4.78, 5) is 5.86. The van der Waals surface area contributed by atoms with Gasteiger partial charge in [0, 0.05) is 22.3 Å². The zero-order chi connectivity index (χ0) is 19.9. The van der Waals surface area contributed by atoms with Crippen LogP contribution in [0.25, 0.3) is 11.4 Å². The summed E-state index contributed by atoms with van der Waals surface area (Å²) < 4.78 is 40.7. The SMILES string of the molecule is C[C@@H]1Cc2cc(-c3nn[nH]n3)ccc2[C@@H](c2ccc(Br)cn2)N1CC(F)(F)F. The summed E-state index contributed by atoms with van der Waals surface area (Å²) >= 11 is 3.33. The second-order valence-corrected chi connectivity index (χ2v) is 7.71. The first-order valence-corrected chi connectivity index (χ1v) is 9.42. The topological polar surface area (TPSA) is 70.6 Å². The van der Waals surface area contributed by atoms with Gasteiger partial charge in [0.05, 0.1) is 18.3 Å². The van der Waals surface area contributed by atoms with E-state index in [1.807, 2.05) is 19.1 Å². The van der Waals surface area contributed by atoms with E-state index in [1.54, 1.807) is 24.4 Å². The van der Waals surface area contributed by atoms with Crippen LogP contribution >= 0.6 is 15.9 Å². The summed E-state index contributed by atoms with van der Waals surface area (Å²) in [6.07, 6.45) is -2.21. The van der Waals surface area contributed by atoms with Gasteiger partial charge in [0.2, 0.25) is 5.82 Å². The van der Waals surface area contributed by atoms with Crippen molar-refractivity contribution >= 4 is 15.9 Å². The van der Waals surface area contributed by atoms with E-state index in [0.717, 1.165) is 21.2 Å². The normalized spacial score (nSPS) is 20.2. The molecule has 0 amide bonds. The van der Waals surface area contributed by atoms with Crippen molar-refractivity contribution in [2.45, 2.75) is 31.6 Å². The van der Waals surface area contributed by atoms with E-state index in [-0.39, 0.29) is 6.04 Å². The van der Waals surface area contributed by atoms with Gasteiger partial charge in [-0.25, -0.2) is 0 Å². The number of alkyl halides is 3. The maximum absolute atomic E-state index is 13.3. The molecule has 6 nitrogen and oxygen atoms in total. The van der Waals surface area contributed by atoms with Gasteiger partial charge < -0.3 is 0 Å². The standard InChI is InChI=1S/C18H16BrF3N6/c1-10-6-12-7-11(17-24-26-27-25-17)2-4-14(12)16(28(10)9-18(20,21)22)15-5-3-13(19)8-23-15/h2-5,7-8,10,16H,6,9H2,1H3,(H,24,25,26,27)/t10-,16+/m1/s1. The van der Waals surface area contributed by atoms with Gasteiger partial charge in [0.15, 0.2) is 0 Å². The quantitative estimate of drug-likeness (QED) is 0.651. The number of benzene rings is 1. The Morgan fingerprint density at radius 3 is 2.71 bits per heavy atom. The minimum absolute atomic E-state index is 0.315. The molecule has 0 spiro atoms. The van der Waals surface area contributed by atoms with Gasteiger partial charge in [-0.1, -0.05) is 12.1 Å². The highest BCUT2D eigenvalue weighted by atomic mass is 79.9. The fourth-order valence-electron chi connectivity index (χ4n) is 3.67. The number of nitrogens with one attached hydrogen (secondary N) is 1. The maximum Gasteiger partial charge on any atom is 0.401 e. The lowest BCUT2D eigenvalue weighted by molar-refractivity contribution is -0.155. The molecule has 1 aromatic carbocycles. The molecule has 0 bridgehead atoms. The average Bonchev–Trinajstić information content (AvgIpc) is 3.17. The minimum Gasteiger partial charge on any atom is -0.279 e. The molecule has 1 N–H and O–H groups in total. The monoisotopic (exact) mass is 452 g/mol. The molecular formula is C18H16BrF3N6. The van der Waals surface area contributed by atoms with Crippen LogP contribution in [0.2, 0.25) is 0 Å². The van der Waals surface area contributed by atoms with Gasteiger partial charge in [0.25, 0.3) is 0 Å². The number of hydrogen-bond acceptors (Lipinski definition) is 5. The molecule has 0 radical (unpaired) electrons. The molecule has 146 valence electrons. The number of pyridine rings is 1. The highest BCUT2D eigenvalue weighted by Crippen LogP contribution is 2.40. The molecule has 0 fully saturated rings. The molecule has 0 aliphatic carbocycles. The fourth-order valence-corrected chi connectivity index (χ4v) is 3.91. The average molecular weight is 453 g/mol. The number of H-pyrrole nitrogens is 1. The third-order valence-electron chi connectivity index (χ3n) is 4.85. The van der Waals surface area contributed by atoms with Gasteiger partial charge in [-0.2, -0.15) is 18.4 Å². The van der Waals surface area contributed by atoms with Crippen LogP contribution in [-0.4, -0.2) is 49.3 Å². The van der Waals surface area contributed by atoms with Gasteiger partial charge >= 0.3 is 6.18 Å². The van der Waals surface area contributed by atoms with Crippen molar-refractivity contribution in [3.05, 3.63) is 57.8 Å². The summed E-state index contributed by atoms with van der Waals surface area (Å²) in [5, 5.41) is 13.9. The number of aromatic nitrogens is 5. The third-order valence-corrected chi connectivity index (χ3v) is 5.32. The predicted octanol–water partition coefficient (Wildman–Crippen LogP) is 3.92. The molecule has 2 aromatic heterocycles. The van der Waals surface area contributed by atoms with Crippen LogP contribution in [0.3, 0.4) is 0 Å². The Balaban J connectivity index is 1.81. The number of rotatable bonds is 3. The van der Waals surface area contributed by atoms with Crippen molar-refractivity contribution in [2.24, 2.45) is 0 Å². The molecule has 10 heteroatoms. The Bertz CT molecular complexity index is 958. The molecule has 4 rings (SSSR count). The van der Waals surface area contributed by atoms with Crippen molar-refractivity contribution in [1.29, 1.82) is 0 Å². The number of halogens is 4. The zero-order valence-electron chi connectivity index (χ0n) is 14.8. The molecule has 3 heterocycles. The molecule has 0 saturated carbocycles. The van der Waals surface area contributed by atoms with Crippen LogP contribution in [0.5, 0.6) is 0 Å². The smallest absolute Gasteiger partial charge is 0.279 e. The van der Waals surface area contributed by atoms with E-state index in [2.05, 4.69) is 41.5 Å². The van der Waals surface area contributed by atoms with E-state index in [4.69, 9.17) is 0 Å². The van der Waals surface area contributed by atoms with Crippen molar-refractivity contribution in [3.8, 4) is 11.4 Å². The lowest BCUT2D eigenvalue weighted by atomic mass is 9.85. The van der Waals surface area contributed by atoms with E-state index < -0.39 is 18.8 Å². The number of tetrazole rings is 1. The zero-order valence-corrected chi connectivity index (χ0v) is 16.4. The molecule has 1 aliphatic rings. The molecule has 3 aromatic rings. The highest BCUT2D eigenvalue weighted by Gasteiger charge is 2.41. The van der Waals surface area contributed by atoms with Crippen molar-refractivity contribution < 1.29 is 13.2 Å². The lowest BCUT2D eigenvalue weighted by Gasteiger charge is -2.42. The molecular weight excluding hydrogens is 437 g/mol.